The van der Waals surface area contributed by atoms with Crippen molar-refractivity contribution >= 4 is 17.5 Å². The van der Waals surface area contributed by atoms with Crippen molar-refractivity contribution < 1.29 is 23.1 Å². The second-order valence-electron chi connectivity index (χ2n) is 10.6. The Kier molecular flexibility index (Phi) is 6.98. The molecule has 1 saturated heterocycles. The van der Waals surface area contributed by atoms with Crippen LogP contribution in [-0.4, -0.2) is 50.2 Å². The van der Waals surface area contributed by atoms with Gasteiger partial charge in [0.2, 0.25) is 0 Å². The second-order valence-corrected chi connectivity index (χ2v) is 10.6. The lowest BCUT2D eigenvalue weighted by atomic mass is 9.84. The van der Waals surface area contributed by atoms with Crippen LogP contribution in [0.25, 0.3) is 0 Å². The Morgan fingerprint density at radius 3 is 2.07 bits per heavy atom. The number of amides is 1. The van der Waals surface area contributed by atoms with Crippen LogP contribution in [0.3, 0.4) is 0 Å². The third kappa shape index (κ3) is 5.06. The number of piperidine rings is 1. The number of benzene rings is 2. The highest BCUT2D eigenvalue weighted by Gasteiger charge is 2.41. The molecule has 0 bridgehead atoms. The summed E-state index contributed by atoms with van der Waals surface area (Å²) in [6.45, 7) is 2.94. The first-order valence-corrected chi connectivity index (χ1v) is 13.6. The van der Waals surface area contributed by atoms with Gasteiger partial charge < -0.3 is 15.3 Å². The van der Waals surface area contributed by atoms with Crippen LogP contribution < -0.4 is 10.2 Å². The number of aliphatic hydroxyl groups is 1. The highest BCUT2D eigenvalue weighted by Crippen LogP contribution is 2.44. The fourth-order valence-corrected chi connectivity index (χ4v) is 5.87. The highest BCUT2D eigenvalue weighted by atomic mass is 19.4. The number of aromatic nitrogens is 4. The fourth-order valence-electron chi connectivity index (χ4n) is 5.87. The van der Waals surface area contributed by atoms with E-state index in [0.29, 0.717) is 37.6 Å². The minimum Gasteiger partial charge on any atom is -0.383 e. The highest BCUT2D eigenvalue weighted by molar-refractivity contribution is 5.97. The summed E-state index contributed by atoms with van der Waals surface area (Å²) in [5.74, 6) is 0.0621. The predicted molar refractivity (Wildman–Crippen MR) is 147 cm³/mol. The number of anilines is 2. The molecule has 2 aliphatic heterocycles. The zero-order valence-corrected chi connectivity index (χ0v) is 22.3. The van der Waals surface area contributed by atoms with Gasteiger partial charge in [0.05, 0.1) is 5.69 Å². The Bertz CT molecular complexity index is 1480. The summed E-state index contributed by atoms with van der Waals surface area (Å²) >= 11 is 0. The molecule has 0 unspecified atom stereocenters. The van der Waals surface area contributed by atoms with Gasteiger partial charge in [-0.15, -0.1) is 10.2 Å². The molecule has 4 heterocycles. The summed E-state index contributed by atoms with van der Waals surface area (Å²) < 4.78 is 40.7. The van der Waals surface area contributed by atoms with Crippen molar-refractivity contribution in [3.8, 4) is 0 Å². The third-order valence-electron chi connectivity index (χ3n) is 8.04. The first-order chi connectivity index (χ1) is 19.7. The molecule has 2 N–H and O–H groups in total. The van der Waals surface area contributed by atoms with Crippen molar-refractivity contribution in [1.82, 2.24) is 20.0 Å². The summed E-state index contributed by atoms with van der Waals surface area (Å²) in [5.41, 5.74) is 2.62. The average molecular weight is 563 g/mol. The Morgan fingerprint density at radius 1 is 0.927 bits per heavy atom. The molecule has 2 aliphatic rings. The quantitative estimate of drug-likeness (QED) is 0.350. The van der Waals surface area contributed by atoms with Crippen LogP contribution in [0.5, 0.6) is 0 Å². The molecule has 2 aromatic heterocycles. The van der Waals surface area contributed by atoms with E-state index >= 15 is 0 Å². The monoisotopic (exact) mass is 562 g/mol. The minimum atomic E-state index is -4.54. The molecule has 0 spiro atoms. The first-order valence-electron chi connectivity index (χ1n) is 13.6. The SMILES string of the molecule is C[C@H]1c2c(C3CCN(c4ccc(C(F)(F)F)nn4)CC3)nn(C(c3ccccc3)c3ccccc3)c2NC(=O)[C@@H]1O. The molecular weight excluding hydrogens is 533 g/mol. The molecule has 212 valence electrons. The molecule has 0 aliphatic carbocycles. The minimum absolute atomic E-state index is 0.0144. The molecule has 1 amide bonds. The van der Waals surface area contributed by atoms with Crippen LogP contribution in [0.15, 0.2) is 72.8 Å². The summed E-state index contributed by atoms with van der Waals surface area (Å²) in [6, 6.07) is 21.8. The number of carbonyl (C=O) groups is 1. The van der Waals surface area contributed by atoms with E-state index in [-0.39, 0.29) is 12.0 Å². The van der Waals surface area contributed by atoms with Crippen molar-refractivity contribution in [3.05, 3.63) is 101 Å². The van der Waals surface area contributed by atoms with Gasteiger partial charge in [0.1, 0.15) is 18.0 Å². The van der Waals surface area contributed by atoms with Gasteiger partial charge in [0, 0.05) is 30.5 Å². The Labute approximate surface area is 234 Å². The van der Waals surface area contributed by atoms with Crippen LogP contribution in [-0.2, 0) is 11.0 Å². The van der Waals surface area contributed by atoms with E-state index < -0.39 is 29.8 Å². The van der Waals surface area contributed by atoms with Crippen molar-refractivity contribution in [3.63, 3.8) is 0 Å². The van der Waals surface area contributed by atoms with Gasteiger partial charge in [-0.05, 0) is 36.1 Å². The van der Waals surface area contributed by atoms with Gasteiger partial charge in [-0.1, -0.05) is 67.6 Å². The van der Waals surface area contributed by atoms with Crippen molar-refractivity contribution in [2.75, 3.05) is 23.3 Å². The molecule has 41 heavy (non-hydrogen) atoms. The number of hydrogen-bond acceptors (Lipinski definition) is 6. The maximum atomic E-state index is 12.9. The maximum absolute atomic E-state index is 12.9. The van der Waals surface area contributed by atoms with Crippen molar-refractivity contribution in [1.29, 1.82) is 0 Å². The summed E-state index contributed by atoms with van der Waals surface area (Å²) in [4.78, 5) is 14.7. The molecule has 8 nitrogen and oxygen atoms in total. The number of rotatable bonds is 5. The van der Waals surface area contributed by atoms with E-state index in [1.165, 1.54) is 6.07 Å². The van der Waals surface area contributed by atoms with E-state index in [2.05, 4.69) is 15.5 Å². The van der Waals surface area contributed by atoms with Crippen molar-refractivity contribution in [2.45, 2.75) is 49.9 Å². The lowest BCUT2D eigenvalue weighted by Gasteiger charge is -2.33. The zero-order valence-electron chi connectivity index (χ0n) is 22.3. The van der Waals surface area contributed by atoms with Crippen LogP contribution in [0, 0.1) is 0 Å². The van der Waals surface area contributed by atoms with E-state index in [1.807, 2.05) is 77.2 Å². The maximum Gasteiger partial charge on any atom is 0.435 e. The zero-order chi connectivity index (χ0) is 28.7. The van der Waals surface area contributed by atoms with E-state index in [0.717, 1.165) is 28.5 Å². The largest absolute Gasteiger partial charge is 0.435 e. The molecule has 11 heteroatoms. The normalized spacial score (nSPS) is 19.8. The molecule has 0 saturated carbocycles. The summed E-state index contributed by atoms with van der Waals surface area (Å²) in [6.07, 6.45) is -4.40. The van der Waals surface area contributed by atoms with Crippen LogP contribution in [0.2, 0.25) is 0 Å². The Morgan fingerprint density at radius 2 is 1.54 bits per heavy atom. The fraction of sp³-hybridized carbons (Fsp3) is 0.333. The van der Waals surface area contributed by atoms with Crippen LogP contribution in [0.1, 0.15) is 65.7 Å². The summed E-state index contributed by atoms with van der Waals surface area (Å²) in [5, 5.41) is 26.0. The molecule has 2 aromatic carbocycles. The predicted octanol–water partition coefficient (Wildman–Crippen LogP) is 5.13. The van der Waals surface area contributed by atoms with Crippen LogP contribution >= 0.6 is 0 Å². The molecule has 1 fully saturated rings. The van der Waals surface area contributed by atoms with Gasteiger partial charge in [0.15, 0.2) is 11.5 Å². The average Bonchev–Trinajstić information content (AvgIpc) is 3.35. The number of alkyl halides is 3. The molecule has 4 aromatic rings. The third-order valence-corrected chi connectivity index (χ3v) is 8.04. The molecule has 2 atom stereocenters. The number of nitrogens with one attached hydrogen (secondary N) is 1. The number of nitrogens with zero attached hydrogens (tertiary/aromatic N) is 5. The smallest absolute Gasteiger partial charge is 0.383 e. The Hall–Kier alpha value is -4.25. The number of halogens is 3. The molecule has 6 rings (SSSR count). The van der Waals surface area contributed by atoms with Gasteiger partial charge in [-0.3, -0.25) is 4.79 Å². The summed E-state index contributed by atoms with van der Waals surface area (Å²) in [7, 11) is 0. The Balaban J connectivity index is 1.36. The number of carbonyl (C=O) groups excluding carboxylic acids is 1. The van der Waals surface area contributed by atoms with Gasteiger partial charge in [-0.25, -0.2) is 4.68 Å². The lowest BCUT2D eigenvalue weighted by molar-refractivity contribution is -0.141. The second kappa shape index (κ2) is 10.6. The van der Waals surface area contributed by atoms with E-state index in [9.17, 15) is 23.1 Å². The van der Waals surface area contributed by atoms with Crippen LogP contribution in [0.4, 0.5) is 24.8 Å². The number of hydrogen-bond donors (Lipinski definition) is 2. The standard InChI is InChI=1S/C30H29F3N6O2/c1-18-24-25(19-14-16-38(17-15-19)23-13-12-22(35-36-23)30(31,32)33)37-39(28(24)34-29(41)27(18)40)26(20-8-4-2-5-9-20)21-10-6-3-7-11-21/h2-13,18-19,26-27,40H,14-17H2,1H3,(H,34,41)/t18-,27+/m0/s1. The van der Waals surface area contributed by atoms with E-state index in [1.54, 1.807) is 0 Å². The molecular formula is C30H29F3N6O2. The first kappa shape index (κ1) is 26.9. The number of aliphatic hydroxyl groups excluding tert-OH is 1. The van der Waals surface area contributed by atoms with E-state index in [4.69, 9.17) is 5.10 Å². The molecule has 0 radical (unpaired) electrons. The van der Waals surface area contributed by atoms with Gasteiger partial charge in [0.25, 0.3) is 5.91 Å². The lowest BCUT2D eigenvalue weighted by Crippen LogP contribution is -2.38. The topological polar surface area (TPSA) is 96.2 Å². The number of fused-ring (bicyclic) bond motifs is 1. The van der Waals surface area contributed by atoms with Gasteiger partial charge in [-0.2, -0.15) is 18.3 Å². The van der Waals surface area contributed by atoms with Gasteiger partial charge >= 0.3 is 6.18 Å². The van der Waals surface area contributed by atoms with Crippen molar-refractivity contribution in [2.24, 2.45) is 0 Å².